The van der Waals surface area contributed by atoms with Gasteiger partial charge in [0.1, 0.15) is 0 Å². The molecule has 0 bridgehead atoms. The van der Waals surface area contributed by atoms with Gasteiger partial charge in [0.2, 0.25) is 0 Å². The molecule has 1 saturated heterocycles. The van der Waals surface area contributed by atoms with Crippen LogP contribution < -0.4 is 0 Å². The number of carbonyl (C=O) groups excluding carboxylic acids is 1. The van der Waals surface area contributed by atoms with Crippen molar-refractivity contribution in [3.05, 3.63) is 33.9 Å². The molecule has 0 radical (unpaired) electrons. The van der Waals surface area contributed by atoms with E-state index in [1.165, 1.54) is 6.07 Å². The number of amides is 1. The summed E-state index contributed by atoms with van der Waals surface area (Å²) in [5.74, 6) is -0.815. The first-order chi connectivity index (χ1) is 8.99. The van der Waals surface area contributed by atoms with Gasteiger partial charge >= 0.3 is 5.69 Å². The second kappa shape index (κ2) is 5.23. The van der Waals surface area contributed by atoms with Gasteiger partial charge in [-0.2, -0.15) is 0 Å². The highest BCUT2D eigenvalue weighted by Crippen LogP contribution is 2.27. The molecule has 7 heteroatoms. The molecule has 1 aromatic rings. The van der Waals surface area contributed by atoms with Crippen molar-refractivity contribution in [3.63, 3.8) is 0 Å². The van der Waals surface area contributed by atoms with Crippen LogP contribution in [0.15, 0.2) is 18.2 Å². The van der Waals surface area contributed by atoms with Crippen LogP contribution in [0.5, 0.6) is 5.75 Å². The van der Waals surface area contributed by atoms with Crippen molar-refractivity contribution in [1.29, 1.82) is 0 Å². The number of aliphatic hydroxyl groups is 1. The Morgan fingerprint density at radius 3 is 2.53 bits per heavy atom. The van der Waals surface area contributed by atoms with E-state index in [4.69, 9.17) is 0 Å². The molecule has 1 aliphatic heterocycles. The average Bonchev–Trinajstić information content (AvgIpc) is 2.38. The molecule has 1 fully saturated rings. The standard InChI is InChI=1S/C12H14N2O5/c15-9-3-5-13(6-4-9)12(17)8-1-2-10(14(18)19)11(16)7-8/h1-2,7,9,15-16H,3-6H2. The number of likely N-dealkylation sites (tertiary alicyclic amines) is 1. The maximum atomic E-state index is 12.1. The normalized spacial score (nSPS) is 16.4. The van der Waals surface area contributed by atoms with E-state index in [2.05, 4.69) is 0 Å². The molecule has 2 N–H and O–H groups in total. The predicted octanol–water partition coefficient (Wildman–Crippen LogP) is 0.897. The van der Waals surface area contributed by atoms with Gasteiger partial charge in [0, 0.05) is 24.7 Å². The van der Waals surface area contributed by atoms with Crippen LogP contribution in [0.25, 0.3) is 0 Å². The molecule has 0 aromatic heterocycles. The molecule has 0 unspecified atom stereocenters. The first kappa shape index (κ1) is 13.3. The Morgan fingerprint density at radius 2 is 2.00 bits per heavy atom. The van der Waals surface area contributed by atoms with E-state index in [0.29, 0.717) is 25.9 Å². The number of piperidine rings is 1. The van der Waals surface area contributed by atoms with Gasteiger partial charge in [0.25, 0.3) is 5.91 Å². The number of aromatic hydroxyl groups is 1. The van der Waals surface area contributed by atoms with Crippen LogP contribution in [0.4, 0.5) is 5.69 Å². The van der Waals surface area contributed by atoms with Gasteiger partial charge in [0.15, 0.2) is 5.75 Å². The SMILES string of the molecule is O=C(c1ccc([N+](=O)[O-])c(O)c1)N1CCC(O)CC1. The molecule has 1 heterocycles. The number of hydrogen-bond donors (Lipinski definition) is 2. The third-order valence-electron chi connectivity index (χ3n) is 3.17. The van der Waals surface area contributed by atoms with Crippen molar-refractivity contribution in [2.75, 3.05) is 13.1 Å². The fourth-order valence-corrected chi connectivity index (χ4v) is 2.06. The molecular formula is C12H14N2O5. The summed E-state index contributed by atoms with van der Waals surface area (Å²) in [6.07, 6.45) is 0.657. The highest BCUT2D eigenvalue weighted by Gasteiger charge is 2.24. The van der Waals surface area contributed by atoms with E-state index >= 15 is 0 Å². The van der Waals surface area contributed by atoms with Crippen LogP contribution in [-0.4, -0.2) is 45.1 Å². The van der Waals surface area contributed by atoms with E-state index in [0.717, 1.165) is 12.1 Å². The average molecular weight is 266 g/mol. The zero-order chi connectivity index (χ0) is 14.0. The van der Waals surface area contributed by atoms with Gasteiger partial charge in [-0.3, -0.25) is 14.9 Å². The number of carbonyl (C=O) groups is 1. The lowest BCUT2D eigenvalue weighted by atomic mass is 10.1. The van der Waals surface area contributed by atoms with E-state index in [1.54, 1.807) is 4.90 Å². The van der Waals surface area contributed by atoms with Gasteiger partial charge in [-0.1, -0.05) is 0 Å². The highest BCUT2D eigenvalue weighted by atomic mass is 16.6. The van der Waals surface area contributed by atoms with Crippen molar-refractivity contribution in [3.8, 4) is 5.75 Å². The fraction of sp³-hybridized carbons (Fsp3) is 0.417. The number of benzene rings is 1. The van der Waals surface area contributed by atoms with Crippen molar-refractivity contribution >= 4 is 11.6 Å². The zero-order valence-electron chi connectivity index (χ0n) is 10.2. The zero-order valence-corrected chi connectivity index (χ0v) is 10.2. The van der Waals surface area contributed by atoms with Crippen molar-refractivity contribution in [2.45, 2.75) is 18.9 Å². The number of phenols is 1. The highest BCUT2D eigenvalue weighted by molar-refractivity contribution is 5.95. The number of nitrogens with zero attached hydrogens (tertiary/aromatic N) is 2. The number of aliphatic hydroxyl groups excluding tert-OH is 1. The Labute approximate surface area is 109 Å². The second-order valence-corrected chi connectivity index (χ2v) is 4.48. The summed E-state index contributed by atoms with van der Waals surface area (Å²) in [5, 5.41) is 29.4. The summed E-state index contributed by atoms with van der Waals surface area (Å²) >= 11 is 0. The Bertz CT molecular complexity index is 509. The Kier molecular flexibility index (Phi) is 3.66. The summed E-state index contributed by atoms with van der Waals surface area (Å²) in [7, 11) is 0. The Balaban J connectivity index is 2.16. The minimum Gasteiger partial charge on any atom is -0.502 e. The van der Waals surface area contributed by atoms with Crippen molar-refractivity contribution in [1.82, 2.24) is 4.90 Å². The molecule has 1 aliphatic rings. The number of phenolic OH excluding ortho intramolecular Hbond substituents is 1. The van der Waals surface area contributed by atoms with E-state index in [-0.39, 0.29) is 17.6 Å². The Hall–Kier alpha value is -2.15. The number of nitro benzene ring substituents is 1. The number of rotatable bonds is 2. The van der Waals surface area contributed by atoms with Gasteiger partial charge in [-0.25, -0.2) is 0 Å². The molecule has 7 nitrogen and oxygen atoms in total. The van der Waals surface area contributed by atoms with Crippen molar-refractivity contribution in [2.24, 2.45) is 0 Å². The minimum absolute atomic E-state index is 0.208. The monoisotopic (exact) mass is 266 g/mol. The van der Waals surface area contributed by atoms with Crippen molar-refractivity contribution < 1.29 is 19.9 Å². The lowest BCUT2D eigenvalue weighted by Crippen LogP contribution is -2.40. The van der Waals surface area contributed by atoms with Crippen LogP contribution in [0, 0.1) is 10.1 Å². The second-order valence-electron chi connectivity index (χ2n) is 4.48. The third-order valence-corrected chi connectivity index (χ3v) is 3.17. The summed E-state index contributed by atoms with van der Waals surface area (Å²) in [4.78, 5) is 23.5. The molecule has 0 spiro atoms. The number of nitro groups is 1. The van der Waals surface area contributed by atoms with Gasteiger partial charge in [-0.15, -0.1) is 0 Å². The molecule has 0 saturated carbocycles. The minimum atomic E-state index is -0.707. The molecular weight excluding hydrogens is 252 g/mol. The molecule has 1 aromatic carbocycles. The molecule has 102 valence electrons. The maximum absolute atomic E-state index is 12.1. The van der Waals surface area contributed by atoms with Gasteiger partial charge in [-0.05, 0) is 25.0 Å². The molecule has 0 aliphatic carbocycles. The molecule has 1 amide bonds. The lowest BCUT2D eigenvalue weighted by molar-refractivity contribution is -0.385. The quantitative estimate of drug-likeness (QED) is 0.611. The molecule has 2 rings (SSSR count). The third kappa shape index (κ3) is 2.82. The van der Waals surface area contributed by atoms with Crippen LogP contribution >= 0.6 is 0 Å². The fourth-order valence-electron chi connectivity index (χ4n) is 2.06. The van der Waals surface area contributed by atoms with Crippen LogP contribution in [0.3, 0.4) is 0 Å². The number of hydrogen-bond acceptors (Lipinski definition) is 5. The van der Waals surface area contributed by atoms with Crippen LogP contribution in [-0.2, 0) is 0 Å². The summed E-state index contributed by atoms with van der Waals surface area (Å²) in [5.41, 5.74) is -0.217. The van der Waals surface area contributed by atoms with E-state index in [9.17, 15) is 25.1 Å². The Morgan fingerprint density at radius 1 is 1.37 bits per heavy atom. The van der Waals surface area contributed by atoms with E-state index < -0.39 is 16.4 Å². The largest absolute Gasteiger partial charge is 0.502 e. The smallest absolute Gasteiger partial charge is 0.310 e. The molecule has 19 heavy (non-hydrogen) atoms. The van der Waals surface area contributed by atoms with Gasteiger partial charge < -0.3 is 15.1 Å². The summed E-state index contributed by atoms with van der Waals surface area (Å²) in [6.45, 7) is 0.884. The topological polar surface area (TPSA) is 104 Å². The lowest BCUT2D eigenvalue weighted by Gasteiger charge is -2.29. The van der Waals surface area contributed by atoms with Gasteiger partial charge in [0.05, 0.1) is 11.0 Å². The summed E-state index contributed by atoms with van der Waals surface area (Å²) < 4.78 is 0. The molecule has 0 atom stereocenters. The van der Waals surface area contributed by atoms with Crippen LogP contribution in [0.1, 0.15) is 23.2 Å². The first-order valence-corrected chi connectivity index (χ1v) is 5.94. The van der Waals surface area contributed by atoms with E-state index in [1.807, 2.05) is 0 Å². The first-order valence-electron chi connectivity index (χ1n) is 5.94. The van der Waals surface area contributed by atoms with Crippen LogP contribution in [0.2, 0.25) is 0 Å². The summed E-state index contributed by atoms with van der Waals surface area (Å²) in [6, 6.07) is 3.54. The maximum Gasteiger partial charge on any atom is 0.310 e. The predicted molar refractivity (Wildman–Crippen MR) is 65.9 cm³/mol.